The van der Waals surface area contributed by atoms with Gasteiger partial charge in [0.15, 0.2) is 0 Å². The maximum Gasteiger partial charge on any atom is 0.250 e. The molecule has 0 spiro atoms. The fourth-order valence-electron chi connectivity index (χ4n) is 3.64. The first-order chi connectivity index (χ1) is 12.0. The van der Waals surface area contributed by atoms with E-state index in [1.54, 1.807) is 0 Å². The molecule has 1 aliphatic rings. The first-order valence-corrected chi connectivity index (χ1v) is 8.84. The summed E-state index contributed by atoms with van der Waals surface area (Å²) in [5.41, 5.74) is 6.87. The number of nitrogens with one attached hydrogen (secondary N) is 1. The second-order valence-corrected chi connectivity index (χ2v) is 7.02. The average Bonchev–Trinajstić information content (AvgIpc) is 2.63. The minimum absolute atomic E-state index is 0.387. The number of aryl methyl sites for hydroxylation is 4. The smallest absolute Gasteiger partial charge is 0.250 e. The maximum atomic E-state index is 12.2. The van der Waals surface area contributed by atoms with Gasteiger partial charge in [0, 0.05) is 5.69 Å². The highest BCUT2D eigenvalue weighted by Crippen LogP contribution is 2.31. The number of anilines is 2. The molecule has 3 aromatic rings. The Morgan fingerprint density at radius 1 is 0.800 bits per heavy atom. The molecule has 0 bridgehead atoms. The molecule has 3 aromatic carbocycles. The van der Waals surface area contributed by atoms with Crippen LogP contribution in [-0.2, 0) is 12.8 Å². The van der Waals surface area contributed by atoms with Crippen molar-refractivity contribution in [2.75, 3.05) is 5.32 Å². The van der Waals surface area contributed by atoms with Crippen molar-refractivity contribution >= 4 is 11.4 Å². The number of fused-ring (bicyclic) bond motifs is 1. The fraction of sp³-hybridized carbons (Fsp3) is 0.273. The second kappa shape index (κ2) is 5.99. The van der Waals surface area contributed by atoms with Crippen LogP contribution < -0.4 is 16.2 Å². The topological polar surface area (TPSA) is 46.2 Å². The average molecular weight is 331 g/mol. The molecule has 3 heteroatoms. The zero-order chi connectivity index (χ0) is 17.6. The van der Waals surface area contributed by atoms with E-state index in [4.69, 9.17) is 0 Å². The third-order valence-electron chi connectivity index (χ3n) is 5.32. The third kappa shape index (κ3) is 2.70. The van der Waals surface area contributed by atoms with Crippen LogP contribution in [-0.4, -0.2) is 0 Å². The molecule has 0 atom stereocenters. The highest BCUT2D eigenvalue weighted by Gasteiger charge is 2.23. The van der Waals surface area contributed by atoms with Crippen molar-refractivity contribution in [3.05, 3.63) is 79.1 Å². The SMILES string of the molecule is Cc1ccc(Nc2c(-c3ccc4c(c3)CCCC4)c(=O)c2=O)cc1C. The van der Waals surface area contributed by atoms with E-state index in [9.17, 15) is 9.59 Å². The van der Waals surface area contributed by atoms with E-state index in [2.05, 4.69) is 24.4 Å². The van der Waals surface area contributed by atoms with Crippen LogP contribution in [0, 0.1) is 13.8 Å². The van der Waals surface area contributed by atoms with Crippen molar-refractivity contribution in [2.24, 2.45) is 0 Å². The molecule has 3 nitrogen and oxygen atoms in total. The predicted molar refractivity (Wildman–Crippen MR) is 103 cm³/mol. The third-order valence-corrected chi connectivity index (χ3v) is 5.32. The lowest BCUT2D eigenvalue weighted by Gasteiger charge is -2.19. The lowest BCUT2D eigenvalue weighted by atomic mass is 9.88. The van der Waals surface area contributed by atoms with Crippen molar-refractivity contribution in [3.63, 3.8) is 0 Å². The van der Waals surface area contributed by atoms with Crippen molar-refractivity contribution in [1.29, 1.82) is 0 Å². The van der Waals surface area contributed by atoms with Crippen LogP contribution in [0.3, 0.4) is 0 Å². The Morgan fingerprint density at radius 2 is 1.56 bits per heavy atom. The fourth-order valence-corrected chi connectivity index (χ4v) is 3.64. The van der Waals surface area contributed by atoms with Crippen LogP contribution in [0.25, 0.3) is 11.1 Å². The Labute approximate surface area is 147 Å². The summed E-state index contributed by atoms with van der Waals surface area (Å²) in [5, 5.41) is 3.16. The molecule has 0 aliphatic heterocycles. The van der Waals surface area contributed by atoms with E-state index in [1.165, 1.54) is 29.5 Å². The van der Waals surface area contributed by atoms with Gasteiger partial charge in [-0.2, -0.15) is 0 Å². The van der Waals surface area contributed by atoms with Gasteiger partial charge in [-0.1, -0.05) is 24.3 Å². The van der Waals surface area contributed by atoms with Gasteiger partial charge in [-0.15, -0.1) is 0 Å². The van der Waals surface area contributed by atoms with Gasteiger partial charge >= 0.3 is 0 Å². The van der Waals surface area contributed by atoms with Gasteiger partial charge in [0.25, 0.3) is 5.43 Å². The number of benzene rings is 2. The Hall–Kier alpha value is -2.68. The zero-order valence-electron chi connectivity index (χ0n) is 14.6. The van der Waals surface area contributed by atoms with Crippen LogP contribution in [0.2, 0.25) is 0 Å². The van der Waals surface area contributed by atoms with E-state index in [0.29, 0.717) is 11.3 Å². The maximum absolute atomic E-state index is 12.2. The summed E-state index contributed by atoms with van der Waals surface area (Å²) in [7, 11) is 0. The van der Waals surface area contributed by atoms with E-state index in [-0.39, 0.29) is 5.43 Å². The number of hydrogen-bond donors (Lipinski definition) is 1. The molecular weight excluding hydrogens is 310 g/mol. The Kier molecular flexibility index (Phi) is 3.79. The molecule has 4 rings (SSSR count). The van der Waals surface area contributed by atoms with Crippen molar-refractivity contribution in [1.82, 2.24) is 0 Å². The molecule has 1 aliphatic carbocycles. The Morgan fingerprint density at radius 3 is 2.32 bits per heavy atom. The molecule has 0 unspecified atom stereocenters. The summed E-state index contributed by atoms with van der Waals surface area (Å²) in [5.74, 6) is 0. The monoisotopic (exact) mass is 331 g/mol. The molecule has 25 heavy (non-hydrogen) atoms. The summed E-state index contributed by atoms with van der Waals surface area (Å²) in [4.78, 5) is 24.3. The van der Waals surface area contributed by atoms with Crippen LogP contribution >= 0.6 is 0 Å². The van der Waals surface area contributed by atoms with Gasteiger partial charge in [0.2, 0.25) is 5.43 Å². The highest BCUT2D eigenvalue weighted by atomic mass is 16.2. The minimum atomic E-state index is -0.425. The minimum Gasteiger partial charge on any atom is -0.352 e. The first kappa shape index (κ1) is 15.8. The first-order valence-electron chi connectivity index (χ1n) is 8.84. The molecule has 0 radical (unpaired) electrons. The molecule has 1 N–H and O–H groups in total. The van der Waals surface area contributed by atoms with Gasteiger partial charge in [-0.25, -0.2) is 0 Å². The lowest BCUT2D eigenvalue weighted by Crippen LogP contribution is -2.35. The van der Waals surface area contributed by atoms with Gasteiger partial charge in [0.05, 0.1) is 5.56 Å². The molecular formula is C22H21NO2. The summed E-state index contributed by atoms with van der Waals surface area (Å²) < 4.78 is 0. The van der Waals surface area contributed by atoms with Gasteiger partial charge in [-0.05, 0) is 79.5 Å². The van der Waals surface area contributed by atoms with E-state index in [0.717, 1.165) is 29.7 Å². The zero-order valence-corrected chi connectivity index (χ0v) is 14.6. The van der Waals surface area contributed by atoms with Crippen LogP contribution in [0.5, 0.6) is 0 Å². The summed E-state index contributed by atoms with van der Waals surface area (Å²) in [6.45, 7) is 4.09. The Balaban J connectivity index is 1.72. The van der Waals surface area contributed by atoms with Crippen molar-refractivity contribution < 1.29 is 0 Å². The molecule has 0 saturated carbocycles. The van der Waals surface area contributed by atoms with Gasteiger partial charge in [-0.3, -0.25) is 9.59 Å². The van der Waals surface area contributed by atoms with Gasteiger partial charge < -0.3 is 5.32 Å². The lowest BCUT2D eigenvalue weighted by molar-refractivity contribution is 0.686. The van der Waals surface area contributed by atoms with E-state index >= 15 is 0 Å². The highest BCUT2D eigenvalue weighted by molar-refractivity contribution is 5.85. The molecule has 0 saturated heterocycles. The van der Waals surface area contributed by atoms with Crippen LogP contribution in [0.4, 0.5) is 11.4 Å². The Bertz CT molecular complexity index is 1040. The van der Waals surface area contributed by atoms with E-state index in [1.807, 2.05) is 31.2 Å². The molecule has 0 amide bonds. The van der Waals surface area contributed by atoms with Crippen molar-refractivity contribution in [2.45, 2.75) is 39.5 Å². The van der Waals surface area contributed by atoms with Crippen LogP contribution in [0.1, 0.15) is 35.1 Å². The predicted octanol–water partition coefficient (Wildman–Crippen LogP) is 4.19. The second-order valence-electron chi connectivity index (χ2n) is 7.02. The van der Waals surface area contributed by atoms with E-state index < -0.39 is 5.43 Å². The summed E-state index contributed by atoms with van der Waals surface area (Å²) in [6, 6.07) is 12.1. The quantitative estimate of drug-likeness (QED) is 0.732. The largest absolute Gasteiger partial charge is 0.352 e. The molecule has 126 valence electrons. The van der Waals surface area contributed by atoms with Crippen LogP contribution in [0.15, 0.2) is 46.0 Å². The van der Waals surface area contributed by atoms with Crippen molar-refractivity contribution in [3.8, 4) is 11.1 Å². The standard InChI is InChI=1S/C22H21NO2/c1-13-7-10-18(11-14(13)2)23-20-19(21(24)22(20)25)17-9-8-15-5-3-4-6-16(15)12-17/h7-12,23H,3-6H2,1-2H3. The molecule has 0 heterocycles. The summed E-state index contributed by atoms with van der Waals surface area (Å²) >= 11 is 0. The number of hydrogen-bond acceptors (Lipinski definition) is 3. The van der Waals surface area contributed by atoms with Gasteiger partial charge in [0.1, 0.15) is 5.69 Å². The molecule has 0 fully saturated rings. The number of rotatable bonds is 3. The molecule has 0 aromatic heterocycles. The summed E-state index contributed by atoms with van der Waals surface area (Å²) in [6.07, 6.45) is 4.58. The normalized spacial score (nSPS) is 13.7.